The van der Waals surface area contributed by atoms with Crippen LogP contribution in [0, 0.1) is 0 Å². The van der Waals surface area contributed by atoms with Gasteiger partial charge in [-0.1, -0.05) is 6.58 Å². The lowest BCUT2D eigenvalue weighted by atomic mass is 10.1. The fraction of sp³-hybridized carbons (Fsp3) is 0.500. The second kappa shape index (κ2) is 2.99. The molecule has 0 spiro atoms. The molecule has 0 aromatic carbocycles. The quantitative estimate of drug-likeness (QED) is 0.442. The minimum absolute atomic E-state index is 0.118. The standard InChI is InChI=1S/C8H10N2O3S/c1-3-2-10-6(11)4(9)7(10)14-5(3)8(12)13/h4-5,7H,1-2,9H2,(H,12,13)/t4-,5?,7-/m1/s1. The van der Waals surface area contributed by atoms with Gasteiger partial charge in [-0.3, -0.25) is 9.59 Å². The number of aliphatic carboxylic acids is 1. The summed E-state index contributed by atoms with van der Waals surface area (Å²) < 4.78 is 0. The molecule has 2 aliphatic rings. The summed E-state index contributed by atoms with van der Waals surface area (Å²) in [5.41, 5.74) is 6.10. The number of carboxylic acid groups (broad SMARTS) is 1. The van der Waals surface area contributed by atoms with Gasteiger partial charge in [0.1, 0.15) is 16.7 Å². The van der Waals surface area contributed by atoms with Crippen LogP contribution < -0.4 is 5.73 Å². The van der Waals surface area contributed by atoms with Crippen LogP contribution in [-0.2, 0) is 9.59 Å². The third-order valence-electron chi connectivity index (χ3n) is 2.43. The Morgan fingerprint density at radius 1 is 1.71 bits per heavy atom. The van der Waals surface area contributed by atoms with E-state index in [1.165, 1.54) is 11.8 Å². The number of hydrogen-bond acceptors (Lipinski definition) is 4. The largest absolute Gasteiger partial charge is 0.480 e. The molecule has 5 nitrogen and oxygen atoms in total. The smallest absolute Gasteiger partial charge is 0.320 e. The number of rotatable bonds is 1. The summed E-state index contributed by atoms with van der Waals surface area (Å²) >= 11 is 1.19. The van der Waals surface area contributed by atoms with Crippen molar-refractivity contribution in [3.05, 3.63) is 12.2 Å². The van der Waals surface area contributed by atoms with E-state index in [1.54, 1.807) is 4.90 Å². The average Bonchev–Trinajstić information content (AvgIpc) is 2.15. The van der Waals surface area contributed by atoms with Crippen molar-refractivity contribution in [3.63, 3.8) is 0 Å². The van der Waals surface area contributed by atoms with Crippen molar-refractivity contribution < 1.29 is 14.7 Å². The topological polar surface area (TPSA) is 83.6 Å². The summed E-state index contributed by atoms with van der Waals surface area (Å²) in [6.45, 7) is 3.98. The number of amides is 1. The van der Waals surface area contributed by atoms with Crippen LogP contribution in [0.1, 0.15) is 0 Å². The number of fused-ring (bicyclic) bond motifs is 1. The van der Waals surface area contributed by atoms with Crippen LogP contribution in [-0.4, -0.2) is 45.1 Å². The maximum atomic E-state index is 11.2. The van der Waals surface area contributed by atoms with Crippen LogP contribution in [0.5, 0.6) is 0 Å². The predicted molar refractivity (Wildman–Crippen MR) is 51.6 cm³/mol. The van der Waals surface area contributed by atoms with Crippen molar-refractivity contribution in [3.8, 4) is 0 Å². The summed E-state index contributed by atoms with van der Waals surface area (Å²) in [5.74, 6) is -1.03. The first-order valence-corrected chi connectivity index (χ1v) is 5.08. The zero-order valence-electron chi connectivity index (χ0n) is 7.34. The SMILES string of the molecule is C=C1CN2C(=O)[C@@H](N)[C@H]2SC1C(=O)O. The van der Waals surface area contributed by atoms with Crippen LogP contribution in [0.3, 0.4) is 0 Å². The molecule has 0 saturated carbocycles. The van der Waals surface area contributed by atoms with Gasteiger partial charge >= 0.3 is 5.97 Å². The Bertz CT molecular complexity index is 331. The minimum Gasteiger partial charge on any atom is -0.480 e. The van der Waals surface area contributed by atoms with Crippen LogP contribution in [0.2, 0.25) is 0 Å². The second-order valence-electron chi connectivity index (χ2n) is 3.40. The fourth-order valence-corrected chi connectivity index (χ4v) is 2.92. The van der Waals surface area contributed by atoms with Crippen LogP contribution in [0.4, 0.5) is 0 Å². The molecule has 3 atom stereocenters. The van der Waals surface area contributed by atoms with Gasteiger partial charge in [-0.15, -0.1) is 11.8 Å². The van der Waals surface area contributed by atoms with E-state index < -0.39 is 17.3 Å². The van der Waals surface area contributed by atoms with E-state index in [-0.39, 0.29) is 11.3 Å². The van der Waals surface area contributed by atoms with Crippen molar-refractivity contribution >= 4 is 23.6 Å². The number of hydrogen-bond donors (Lipinski definition) is 2. The summed E-state index contributed by atoms with van der Waals surface area (Å²) in [7, 11) is 0. The molecule has 1 amide bonds. The van der Waals surface area contributed by atoms with Gasteiger partial charge in [-0.05, 0) is 5.57 Å². The number of carboxylic acids is 1. The Balaban J connectivity index is 2.14. The lowest BCUT2D eigenvalue weighted by molar-refractivity contribution is -0.145. The van der Waals surface area contributed by atoms with Crippen molar-refractivity contribution in [1.29, 1.82) is 0 Å². The molecule has 2 aliphatic heterocycles. The van der Waals surface area contributed by atoms with E-state index in [0.717, 1.165) is 0 Å². The third-order valence-corrected chi connectivity index (χ3v) is 4.06. The van der Waals surface area contributed by atoms with E-state index in [2.05, 4.69) is 6.58 Å². The monoisotopic (exact) mass is 214 g/mol. The van der Waals surface area contributed by atoms with Gasteiger partial charge in [-0.2, -0.15) is 0 Å². The molecular formula is C8H10N2O3S. The summed E-state index contributed by atoms with van der Waals surface area (Å²) in [5, 5.41) is 8.05. The van der Waals surface area contributed by atoms with Gasteiger partial charge in [0.05, 0.1) is 0 Å². The Kier molecular flexibility index (Phi) is 2.04. The Morgan fingerprint density at radius 3 is 2.93 bits per heavy atom. The average molecular weight is 214 g/mol. The second-order valence-corrected chi connectivity index (χ2v) is 4.62. The van der Waals surface area contributed by atoms with Crippen LogP contribution in [0.25, 0.3) is 0 Å². The molecule has 0 aromatic rings. The van der Waals surface area contributed by atoms with Crippen LogP contribution in [0.15, 0.2) is 12.2 Å². The Hall–Kier alpha value is -1.01. The van der Waals surface area contributed by atoms with Gasteiger partial charge in [0.2, 0.25) is 5.91 Å². The van der Waals surface area contributed by atoms with Gasteiger partial charge in [-0.25, -0.2) is 0 Å². The zero-order chi connectivity index (χ0) is 10.5. The molecule has 1 unspecified atom stereocenters. The number of nitrogens with zero attached hydrogens (tertiary/aromatic N) is 1. The molecule has 0 radical (unpaired) electrons. The van der Waals surface area contributed by atoms with E-state index in [1.807, 2.05) is 0 Å². The maximum absolute atomic E-state index is 11.2. The molecular weight excluding hydrogens is 204 g/mol. The van der Waals surface area contributed by atoms with E-state index in [4.69, 9.17) is 10.8 Å². The third kappa shape index (κ3) is 1.14. The molecule has 2 saturated heterocycles. The Labute approximate surface area is 84.9 Å². The van der Waals surface area contributed by atoms with Gasteiger partial charge < -0.3 is 15.7 Å². The fourth-order valence-electron chi connectivity index (χ4n) is 1.65. The summed E-state index contributed by atoms with van der Waals surface area (Å²) in [6.07, 6.45) is 0. The molecule has 2 rings (SSSR count). The van der Waals surface area contributed by atoms with Crippen LogP contribution >= 0.6 is 11.8 Å². The predicted octanol–water partition coefficient (Wildman–Crippen LogP) is -0.762. The van der Waals surface area contributed by atoms with Gasteiger partial charge in [0, 0.05) is 6.54 Å². The number of carbonyl (C=O) groups excluding carboxylic acids is 1. The molecule has 76 valence electrons. The molecule has 3 N–H and O–H groups in total. The summed E-state index contributed by atoms with van der Waals surface area (Å²) in [4.78, 5) is 23.6. The Morgan fingerprint density at radius 2 is 2.36 bits per heavy atom. The number of β-lactam (4-membered cyclic amide) rings is 1. The van der Waals surface area contributed by atoms with E-state index >= 15 is 0 Å². The van der Waals surface area contributed by atoms with E-state index in [0.29, 0.717) is 12.1 Å². The summed E-state index contributed by atoms with van der Waals surface area (Å²) in [6, 6.07) is -0.546. The highest BCUT2D eigenvalue weighted by molar-refractivity contribution is 8.01. The highest BCUT2D eigenvalue weighted by atomic mass is 32.2. The first-order chi connectivity index (χ1) is 6.52. The van der Waals surface area contributed by atoms with Gasteiger partial charge in [0.15, 0.2) is 0 Å². The molecule has 2 fully saturated rings. The number of carbonyl (C=O) groups is 2. The lowest BCUT2D eigenvalue weighted by Crippen LogP contribution is -2.69. The molecule has 0 bridgehead atoms. The van der Waals surface area contributed by atoms with E-state index in [9.17, 15) is 9.59 Å². The van der Waals surface area contributed by atoms with Gasteiger partial charge in [0.25, 0.3) is 0 Å². The minimum atomic E-state index is -0.911. The van der Waals surface area contributed by atoms with Crippen molar-refractivity contribution in [2.24, 2.45) is 5.73 Å². The zero-order valence-corrected chi connectivity index (χ0v) is 8.16. The first kappa shape index (κ1) is 9.54. The van der Waals surface area contributed by atoms with Crippen molar-refractivity contribution in [2.75, 3.05) is 6.54 Å². The highest BCUT2D eigenvalue weighted by Gasteiger charge is 2.51. The molecule has 2 heterocycles. The molecule has 0 aliphatic carbocycles. The highest BCUT2D eigenvalue weighted by Crippen LogP contribution is 2.39. The molecule has 0 aromatic heterocycles. The molecule has 6 heteroatoms. The number of nitrogens with two attached hydrogens (primary N) is 1. The van der Waals surface area contributed by atoms with Crippen molar-refractivity contribution in [1.82, 2.24) is 4.90 Å². The first-order valence-electron chi connectivity index (χ1n) is 4.14. The molecule has 14 heavy (non-hydrogen) atoms. The lowest BCUT2D eigenvalue weighted by Gasteiger charge is -2.49. The van der Waals surface area contributed by atoms with Crippen molar-refractivity contribution in [2.45, 2.75) is 16.7 Å². The number of thioether (sulfide) groups is 1. The normalized spacial score (nSPS) is 36.4. The maximum Gasteiger partial charge on any atom is 0.320 e.